The summed E-state index contributed by atoms with van der Waals surface area (Å²) in [5, 5.41) is 0. The summed E-state index contributed by atoms with van der Waals surface area (Å²) in [5.74, 6) is 0. The van der Waals surface area contributed by atoms with Gasteiger partial charge in [-0.25, -0.2) is 0 Å². The molecule has 1 rings (SSSR count). The van der Waals surface area contributed by atoms with Crippen LogP contribution in [0, 0.1) is 6.92 Å². The molecule has 0 aliphatic carbocycles. The number of hydrogen-bond acceptors (Lipinski definition) is 3. The number of rotatable bonds is 1. The van der Waals surface area contributed by atoms with E-state index in [-0.39, 0.29) is 0 Å². The van der Waals surface area contributed by atoms with Gasteiger partial charge in [-0.15, -0.1) is 0 Å². The minimum atomic E-state index is 0.561. The zero-order chi connectivity index (χ0) is 9.56. The number of hydrogen-bond donors (Lipinski definition) is 3. The van der Waals surface area contributed by atoms with Gasteiger partial charge in [0, 0.05) is 12.2 Å². The molecule has 0 fully saturated rings. The molecule has 0 unspecified atom stereocenters. The second-order valence-corrected chi connectivity index (χ2v) is 2.46. The Morgan fingerprint density at radius 1 is 1.25 bits per heavy atom. The zero-order valence-electron chi connectivity index (χ0n) is 7.54. The molecule has 0 aromatic heterocycles. The van der Waals surface area contributed by atoms with Crippen LogP contribution in [-0.2, 0) is 6.54 Å². The quantitative estimate of drug-likeness (QED) is 0.458. The van der Waals surface area contributed by atoms with E-state index in [4.69, 9.17) is 11.5 Å². The normalized spacial score (nSPS) is 8.67. The van der Waals surface area contributed by atoms with Gasteiger partial charge in [0.1, 0.15) is 0 Å². The van der Waals surface area contributed by atoms with Gasteiger partial charge in [0.25, 0.3) is 0 Å². The van der Waals surface area contributed by atoms with Gasteiger partial charge in [-0.3, -0.25) is 0 Å². The molecule has 0 saturated heterocycles. The molecular formula is C9H16N2S. The molecule has 0 spiro atoms. The van der Waals surface area contributed by atoms with Crippen LogP contribution in [0.3, 0.4) is 0 Å². The maximum Gasteiger partial charge on any atom is 0.0319 e. The van der Waals surface area contributed by atoms with Crippen molar-refractivity contribution in [3.63, 3.8) is 0 Å². The lowest BCUT2D eigenvalue weighted by Gasteiger charge is -2.00. The van der Waals surface area contributed by atoms with Crippen LogP contribution in [-0.4, -0.2) is 6.26 Å². The molecule has 0 atom stereocenters. The fourth-order valence-electron chi connectivity index (χ4n) is 1.01. The molecule has 12 heavy (non-hydrogen) atoms. The number of benzene rings is 1. The van der Waals surface area contributed by atoms with E-state index in [1.54, 1.807) is 6.26 Å². The SMILES string of the molecule is CS.Cc1cc(N)cc(CN)c1. The van der Waals surface area contributed by atoms with Crippen LogP contribution >= 0.6 is 12.6 Å². The molecule has 2 nitrogen and oxygen atoms in total. The van der Waals surface area contributed by atoms with Crippen LogP contribution in [0.25, 0.3) is 0 Å². The van der Waals surface area contributed by atoms with E-state index in [0.717, 1.165) is 11.3 Å². The number of anilines is 1. The molecule has 1 aromatic rings. The Kier molecular flexibility index (Phi) is 5.58. The Balaban J connectivity index is 0.000000561. The number of thiol groups is 1. The Bertz CT molecular complexity index is 216. The van der Waals surface area contributed by atoms with E-state index >= 15 is 0 Å². The van der Waals surface area contributed by atoms with Gasteiger partial charge in [0.2, 0.25) is 0 Å². The third-order valence-electron chi connectivity index (χ3n) is 1.40. The van der Waals surface area contributed by atoms with Crippen LogP contribution < -0.4 is 11.5 Å². The standard InChI is InChI=1S/C8H12N2.CH4S/c1-6-2-7(5-9)4-8(10)3-6;1-2/h2-4H,5,9-10H2,1H3;2H,1H3. The zero-order valence-corrected chi connectivity index (χ0v) is 8.44. The Hall–Kier alpha value is -0.670. The topological polar surface area (TPSA) is 52.0 Å². The molecule has 1 aromatic carbocycles. The molecule has 4 N–H and O–H groups in total. The van der Waals surface area contributed by atoms with Gasteiger partial charge in [0.05, 0.1) is 0 Å². The minimum absolute atomic E-state index is 0.561. The highest BCUT2D eigenvalue weighted by Gasteiger charge is 1.91. The molecule has 0 aliphatic heterocycles. The summed E-state index contributed by atoms with van der Waals surface area (Å²) in [7, 11) is 0. The van der Waals surface area contributed by atoms with Crippen LogP contribution in [0.4, 0.5) is 5.69 Å². The molecule has 0 radical (unpaired) electrons. The molecular weight excluding hydrogens is 168 g/mol. The summed E-state index contributed by atoms with van der Waals surface area (Å²) in [5.41, 5.74) is 14.1. The Morgan fingerprint density at radius 2 is 1.83 bits per heavy atom. The predicted molar refractivity (Wildman–Crippen MR) is 58.4 cm³/mol. The van der Waals surface area contributed by atoms with E-state index in [9.17, 15) is 0 Å². The first-order chi connectivity index (χ1) is 5.72. The molecule has 0 aliphatic rings. The Labute approximate surface area is 79.4 Å². The lowest BCUT2D eigenvalue weighted by atomic mass is 10.1. The van der Waals surface area contributed by atoms with Crippen molar-refractivity contribution in [2.24, 2.45) is 5.73 Å². The van der Waals surface area contributed by atoms with Crippen molar-refractivity contribution in [1.82, 2.24) is 0 Å². The second-order valence-electron chi connectivity index (χ2n) is 2.46. The smallest absolute Gasteiger partial charge is 0.0319 e. The summed E-state index contributed by atoms with van der Waals surface area (Å²) in [6, 6.07) is 5.86. The van der Waals surface area contributed by atoms with Crippen molar-refractivity contribution in [3.8, 4) is 0 Å². The van der Waals surface area contributed by atoms with Crippen molar-refractivity contribution in [1.29, 1.82) is 0 Å². The summed E-state index contributed by atoms with van der Waals surface area (Å²) >= 11 is 3.53. The lowest BCUT2D eigenvalue weighted by Crippen LogP contribution is -1.98. The van der Waals surface area contributed by atoms with Gasteiger partial charge in [-0.1, -0.05) is 6.07 Å². The number of aryl methyl sites for hydroxylation is 1. The van der Waals surface area contributed by atoms with Crippen molar-refractivity contribution < 1.29 is 0 Å². The first kappa shape index (κ1) is 11.3. The van der Waals surface area contributed by atoms with Crippen molar-refractivity contribution in [2.45, 2.75) is 13.5 Å². The number of nitrogens with two attached hydrogens (primary N) is 2. The largest absolute Gasteiger partial charge is 0.399 e. The summed E-state index contributed by atoms with van der Waals surface area (Å²) < 4.78 is 0. The lowest BCUT2D eigenvalue weighted by molar-refractivity contribution is 1.07. The van der Waals surface area contributed by atoms with Gasteiger partial charge < -0.3 is 11.5 Å². The van der Waals surface area contributed by atoms with E-state index in [1.807, 2.05) is 25.1 Å². The first-order valence-corrected chi connectivity index (χ1v) is 4.62. The monoisotopic (exact) mass is 184 g/mol. The maximum atomic E-state index is 5.58. The fraction of sp³-hybridized carbons (Fsp3) is 0.333. The highest BCUT2D eigenvalue weighted by atomic mass is 32.1. The molecule has 0 amide bonds. The van der Waals surface area contributed by atoms with Crippen LogP contribution in [0.5, 0.6) is 0 Å². The van der Waals surface area contributed by atoms with Crippen LogP contribution in [0.2, 0.25) is 0 Å². The molecule has 0 heterocycles. The average Bonchev–Trinajstić information content (AvgIpc) is 2.06. The molecule has 0 saturated carbocycles. The number of nitrogen functional groups attached to an aromatic ring is 1. The minimum Gasteiger partial charge on any atom is -0.399 e. The van der Waals surface area contributed by atoms with E-state index in [1.165, 1.54) is 5.56 Å². The van der Waals surface area contributed by atoms with E-state index < -0.39 is 0 Å². The van der Waals surface area contributed by atoms with Gasteiger partial charge in [-0.2, -0.15) is 12.6 Å². The highest BCUT2D eigenvalue weighted by molar-refractivity contribution is 7.79. The molecule has 68 valence electrons. The summed E-state index contributed by atoms with van der Waals surface area (Å²) in [4.78, 5) is 0. The van der Waals surface area contributed by atoms with Gasteiger partial charge >= 0.3 is 0 Å². The predicted octanol–water partition coefficient (Wildman–Crippen LogP) is 1.58. The summed E-state index contributed by atoms with van der Waals surface area (Å²) in [6.45, 7) is 2.57. The molecule has 0 bridgehead atoms. The van der Waals surface area contributed by atoms with Crippen LogP contribution in [0.1, 0.15) is 11.1 Å². The second kappa shape index (κ2) is 5.91. The van der Waals surface area contributed by atoms with Crippen molar-refractivity contribution >= 4 is 18.3 Å². The van der Waals surface area contributed by atoms with Gasteiger partial charge in [0.15, 0.2) is 0 Å². The maximum absolute atomic E-state index is 5.58. The third kappa shape index (κ3) is 3.64. The van der Waals surface area contributed by atoms with E-state index in [2.05, 4.69) is 12.6 Å². The van der Waals surface area contributed by atoms with Gasteiger partial charge in [-0.05, 0) is 36.4 Å². The first-order valence-electron chi connectivity index (χ1n) is 3.73. The van der Waals surface area contributed by atoms with Crippen molar-refractivity contribution in [3.05, 3.63) is 29.3 Å². The highest BCUT2D eigenvalue weighted by Crippen LogP contribution is 2.09. The average molecular weight is 184 g/mol. The molecule has 3 heteroatoms. The van der Waals surface area contributed by atoms with E-state index in [0.29, 0.717) is 6.54 Å². The summed E-state index contributed by atoms with van der Waals surface area (Å²) in [6.07, 6.45) is 1.69. The van der Waals surface area contributed by atoms with Crippen LogP contribution in [0.15, 0.2) is 18.2 Å². The van der Waals surface area contributed by atoms with Crippen molar-refractivity contribution in [2.75, 3.05) is 12.0 Å². The Morgan fingerprint density at radius 3 is 2.25 bits per heavy atom. The fourth-order valence-corrected chi connectivity index (χ4v) is 1.01. The third-order valence-corrected chi connectivity index (χ3v) is 1.40.